The average molecular weight is 168 g/mol. The first-order valence-corrected chi connectivity index (χ1v) is 4.07. The van der Waals surface area contributed by atoms with Gasteiger partial charge in [0.05, 0.1) is 31.8 Å². The van der Waals surface area contributed by atoms with E-state index >= 15 is 0 Å². The molecule has 2 unspecified atom stereocenters. The largest absolute Gasteiger partial charge is 0.472 e. The number of rotatable bonds is 1. The molecule has 0 saturated carbocycles. The van der Waals surface area contributed by atoms with Crippen LogP contribution in [-0.2, 0) is 4.74 Å². The Kier molecular flexibility index (Phi) is 1.90. The molecule has 1 aliphatic heterocycles. The normalized spacial score (nSPS) is 29.5. The molecule has 0 radical (unpaired) electrons. The highest BCUT2D eigenvalue weighted by Gasteiger charge is 2.29. The van der Waals surface area contributed by atoms with Crippen LogP contribution in [0.1, 0.15) is 17.0 Å². The Balaban J connectivity index is 2.24. The maximum absolute atomic E-state index is 9.52. The Morgan fingerprint density at radius 1 is 1.42 bits per heavy atom. The number of hydrogen-bond acceptors (Lipinski definition) is 3. The van der Waals surface area contributed by atoms with Gasteiger partial charge < -0.3 is 14.3 Å². The Morgan fingerprint density at radius 2 is 2.25 bits per heavy atom. The quantitative estimate of drug-likeness (QED) is 0.681. The molecule has 2 atom stereocenters. The van der Waals surface area contributed by atoms with Gasteiger partial charge in [0.1, 0.15) is 0 Å². The van der Waals surface area contributed by atoms with Crippen LogP contribution >= 0.6 is 0 Å². The van der Waals surface area contributed by atoms with Gasteiger partial charge in [-0.25, -0.2) is 0 Å². The van der Waals surface area contributed by atoms with E-state index in [2.05, 4.69) is 0 Å². The first-order chi connectivity index (χ1) is 5.79. The van der Waals surface area contributed by atoms with Crippen molar-refractivity contribution in [2.45, 2.75) is 18.9 Å². The van der Waals surface area contributed by atoms with Gasteiger partial charge in [-0.05, 0) is 12.5 Å². The highest BCUT2D eigenvalue weighted by molar-refractivity contribution is 5.25. The molecule has 1 aromatic rings. The summed E-state index contributed by atoms with van der Waals surface area (Å²) in [6.07, 6.45) is 3.01. The number of furan rings is 1. The van der Waals surface area contributed by atoms with Gasteiger partial charge in [-0.3, -0.25) is 0 Å². The van der Waals surface area contributed by atoms with E-state index in [4.69, 9.17) is 9.15 Å². The molecular formula is C9H12O3. The Bertz CT molecular complexity index is 266. The number of aliphatic hydroxyl groups is 1. The zero-order chi connectivity index (χ0) is 8.55. The summed E-state index contributed by atoms with van der Waals surface area (Å²) in [7, 11) is 0. The van der Waals surface area contributed by atoms with Crippen LogP contribution in [0.15, 0.2) is 16.9 Å². The van der Waals surface area contributed by atoms with E-state index in [0.29, 0.717) is 13.2 Å². The molecule has 0 aromatic carbocycles. The lowest BCUT2D eigenvalue weighted by Gasteiger charge is -2.10. The van der Waals surface area contributed by atoms with Crippen LogP contribution in [0.5, 0.6) is 0 Å². The molecule has 66 valence electrons. The second kappa shape index (κ2) is 2.92. The second-order valence-corrected chi connectivity index (χ2v) is 3.22. The fourth-order valence-electron chi connectivity index (χ4n) is 1.59. The smallest absolute Gasteiger partial charge is 0.0942 e. The first-order valence-electron chi connectivity index (χ1n) is 4.07. The van der Waals surface area contributed by atoms with Crippen molar-refractivity contribution in [2.75, 3.05) is 13.2 Å². The van der Waals surface area contributed by atoms with E-state index in [1.54, 1.807) is 12.5 Å². The molecule has 2 rings (SSSR count). The molecule has 1 saturated heterocycles. The van der Waals surface area contributed by atoms with Crippen molar-refractivity contribution in [3.05, 3.63) is 23.7 Å². The van der Waals surface area contributed by atoms with Gasteiger partial charge >= 0.3 is 0 Å². The molecule has 3 heteroatoms. The minimum absolute atomic E-state index is 0.101. The van der Waals surface area contributed by atoms with Crippen molar-refractivity contribution in [3.8, 4) is 0 Å². The average Bonchev–Trinajstić information content (AvgIpc) is 2.59. The van der Waals surface area contributed by atoms with Gasteiger partial charge in [-0.15, -0.1) is 0 Å². The molecule has 0 aliphatic carbocycles. The highest BCUT2D eigenvalue weighted by atomic mass is 16.5. The van der Waals surface area contributed by atoms with Crippen LogP contribution in [0.3, 0.4) is 0 Å². The summed E-state index contributed by atoms with van der Waals surface area (Å²) in [6, 6.07) is 0. The number of aryl methyl sites for hydroxylation is 1. The maximum Gasteiger partial charge on any atom is 0.0942 e. The van der Waals surface area contributed by atoms with Gasteiger partial charge in [0.15, 0.2) is 0 Å². The van der Waals surface area contributed by atoms with Crippen LogP contribution in [0.2, 0.25) is 0 Å². The van der Waals surface area contributed by atoms with E-state index < -0.39 is 0 Å². The van der Waals surface area contributed by atoms with Crippen LogP contribution in [0.25, 0.3) is 0 Å². The zero-order valence-electron chi connectivity index (χ0n) is 6.99. The van der Waals surface area contributed by atoms with Gasteiger partial charge in [0.2, 0.25) is 0 Å². The van der Waals surface area contributed by atoms with Crippen LogP contribution in [-0.4, -0.2) is 24.4 Å². The molecule has 0 amide bonds. The molecule has 1 fully saturated rings. The molecule has 0 spiro atoms. The lowest BCUT2D eigenvalue weighted by Crippen LogP contribution is -2.15. The third kappa shape index (κ3) is 1.15. The van der Waals surface area contributed by atoms with Gasteiger partial charge in [-0.2, -0.15) is 0 Å². The topological polar surface area (TPSA) is 42.6 Å². The Morgan fingerprint density at radius 3 is 2.75 bits per heavy atom. The van der Waals surface area contributed by atoms with Crippen molar-refractivity contribution in [3.63, 3.8) is 0 Å². The Hall–Kier alpha value is -0.800. The zero-order valence-corrected chi connectivity index (χ0v) is 6.99. The fraction of sp³-hybridized carbons (Fsp3) is 0.556. The number of ether oxygens (including phenoxy) is 1. The third-order valence-electron chi connectivity index (χ3n) is 2.35. The fourth-order valence-corrected chi connectivity index (χ4v) is 1.59. The van der Waals surface area contributed by atoms with Crippen LogP contribution in [0.4, 0.5) is 0 Å². The molecule has 1 aliphatic rings. The van der Waals surface area contributed by atoms with E-state index in [9.17, 15) is 5.11 Å². The molecule has 2 heterocycles. The molecule has 3 nitrogen and oxygen atoms in total. The summed E-state index contributed by atoms with van der Waals surface area (Å²) in [4.78, 5) is 0. The van der Waals surface area contributed by atoms with Crippen LogP contribution in [0, 0.1) is 6.92 Å². The van der Waals surface area contributed by atoms with E-state index in [1.807, 2.05) is 6.92 Å². The van der Waals surface area contributed by atoms with Crippen molar-refractivity contribution >= 4 is 0 Å². The summed E-state index contributed by atoms with van der Waals surface area (Å²) in [5.41, 5.74) is 2.16. The molecule has 12 heavy (non-hydrogen) atoms. The molecule has 1 N–H and O–H groups in total. The number of aliphatic hydroxyl groups excluding tert-OH is 1. The Labute approximate surface area is 71.0 Å². The van der Waals surface area contributed by atoms with Crippen molar-refractivity contribution in [1.29, 1.82) is 0 Å². The van der Waals surface area contributed by atoms with Crippen molar-refractivity contribution in [2.24, 2.45) is 0 Å². The summed E-state index contributed by atoms with van der Waals surface area (Å²) in [6.45, 7) is 3.01. The monoisotopic (exact) mass is 168 g/mol. The highest BCUT2D eigenvalue weighted by Crippen LogP contribution is 2.28. The minimum Gasteiger partial charge on any atom is -0.472 e. The minimum atomic E-state index is -0.374. The standard InChI is InChI=1S/C9H12O3/c1-6-2-11-3-7(6)8-4-12-5-9(8)10/h2-3,8-10H,4-5H2,1H3. The first kappa shape index (κ1) is 7.83. The van der Waals surface area contributed by atoms with Gasteiger partial charge in [-0.1, -0.05) is 0 Å². The van der Waals surface area contributed by atoms with Crippen molar-refractivity contribution < 1.29 is 14.3 Å². The lowest BCUT2D eigenvalue weighted by molar-refractivity contribution is 0.124. The third-order valence-corrected chi connectivity index (χ3v) is 2.35. The number of hydrogen-bond donors (Lipinski definition) is 1. The SMILES string of the molecule is Cc1cocc1C1COCC1O. The summed E-state index contributed by atoms with van der Waals surface area (Å²) >= 11 is 0. The van der Waals surface area contributed by atoms with E-state index in [0.717, 1.165) is 11.1 Å². The maximum atomic E-state index is 9.52. The summed E-state index contributed by atoms with van der Waals surface area (Å²) < 4.78 is 10.2. The summed E-state index contributed by atoms with van der Waals surface area (Å²) in [5.74, 6) is 0.101. The predicted molar refractivity (Wildman–Crippen MR) is 43.0 cm³/mol. The molecule has 0 bridgehead atoms. The van der Waals surface area contributed by atoms with E-state index in [-0.39, 0.29) is 12.0 Å². The summed E-state index contributed by atoms with van der Waals surface area (Å²) in [5, 5.41) is 9.52. The van der Waals surface area contributed by atoms with E-state index in [1.165, 1.54) is 0 Å². The van der Waals surface area contributed by atoms with Crippen molar-refractivity contribution in [1.82, 2.24) is 0 Å². The van der Waals surface area contributed by atoms with Gasteiger partial charge in [0.25, 0.3) is 0 Å². The lowest BCUT2D eigenvalue weighted by atomic mass is 9.96. The molecule has 1 aromatic heterocycles. The predicted octanol–water partition coefficient (Wildman–Crippen LogP) is 1.06. The molecular weight excluding hydrogens is 156 g/mol. The van der Waals surface area contributed by atoms with Crippen LogP contribution < -0.4 is 0 Å². The van der Waals surface area contributed by atoms with Gasteiger partial charge in [0, 0.05) is 11.5 Å². The second-order valence-electron chi connectivity index (χ2n) is 3.22.